The van der Waals surface area contributed by atoms with Crippen LogP contribution < -0.4 is 10.6 Å². The maximum atomic E-state index is 14.2. The summed E-state index contributed by atoms with van der Waals surface area (Å²) in [5.74, 6) is -1.22. The average molecular weight is 489 g/mol. The monoisotopic (exact) mass is 488 g/mol. The number of fused-ring (bicyclic) bond motifs is 1. The number of nitrogens with two attached hydrogens (primary N) is 1. The van der Waals surface area contributed by atoms with Crippen LogP contribution in [0, 0.1) is 5.92 Å². The molecule has 3 aliphatic heterocycles. The molecule has 0 bridgehead atoms. The third-order valence-corrected chi connectivity index (χ3v) is 8.43. The topological polar surface area (TPSA) is 96.2 Å². The standard InChI is InChI=1S/C25H33ClN4O4/c1-28-8-10-29(11-9-28)16-6-7-17(24(27)32)18(12-16)21(15-4-2-3-5-15)25(33)30-13-19(26)23-22(30)20(31)14-34-23/h6-7,12,15,19,21-23H,2-5,8-11,13-14H2,1H3,(H2,27,32)/t19-,21-,22+,23+/m0/s1. The molecular formula is C25H33ClN4O4. The van der Waals surface area contributed by atoms with E-state index in [0.717, 1.165) is 57.5 Å². The molecule has 0 unspecified atom stereocenters. The van der Waals surface area contributed by atoms with Gasteiger partial charge in [-0.3, -0.25) is 14.4 Å². The van der Waals surface area contributed by atoms with E-state index < -0.39 is 29.3 Å². The number of halogens is 1. The van der Waals surface area contributed by atoms with Crippen LogP contribution in [-0.4, -0.2) is 91.3 Å². The zero-order valence-electron chi connectivity index (χ0n) is 19.6. The minimum Gasteiger partial charge on any atom is -0.369 e. The maximum absolute atomic E-state index is 14.2. The van der Waals surface area contributed by atoms with E-state index in [1.54, 1.807) is 11.0 Å². The Bertz CT molecular complexity index is 974. The Labute approximate surface area is 205 Å². The fourth-order valence-electron chi connectivity index (χ4n) is 6.18. The van der Waals surface area contributed by atoms with Crippen molar-refractivity contribution in [2.45, 2.75) is 49.1 Å². The van der Waals surface area contributed by atoms with Crippen LogP contribution in [0.3, 0.4) is 0 Å². The highest BCUT2D eigenvalue weighted by atomic mass is 35.5. The number of rotatable bonds is 5. The molecule has 0 spiro atoms. The Morgan fingerprint density at radius 1 is 1.15 bits per heavy atom. The SMILES string of the molecule is CN1CCN(c2ccc(C(N)=O)c([C@@H](C(=O)N3C[C@H](Cl)[C@H]4OCC(=O)[C@H]43)C3CCCC3)c2)CC1. The van der Waals surface area contributed by atoms with Crippen LogP contribution in [-0.2, 0) is 14.3 Å². The van der Waals surface area contributed by atoms with E-state index in [2.05, 4.69) is 16.8 Å². The Kier molecular flexibility index (Phi) is 6.57. The molecule has 3 saturated heterocycles. The highest BCUT2D eigenvalue weighted by molar-refractivity contribution is 6.22. The molecule has 184 valence electrons. The Hall–Kier alpha value is -2.16. The number of Topliss-reactive ketones (excluding diaryl/α,β-unsaturated/α-hetero) is 1. The van der Waals surface area contributed by atoms with Gasteiger partial charge >= 0.3 is 0 Å². The number of amides is 2. The highest BCUT2D eigenvalue weighted by Gasteiger charge is 2.53. The summed E-state index contributed by atoms with van der Waals surface area (Å²) in [5, 5.41) is -0.420. The van der Waals surface area contributed by atoms with Crippen LogP contribution in [0.15, 0.2) is 18.2 Å². The number of nitrogens with zero attached hydrogens (tertiary/aromatic N) is 3. The van der Waals surface area contributed by atoms with Crippen LogP contribution in [0.25, 0.3) is 0 Å². The van der Waals surface area contributed by atoms with Gasteiger partial charge in [-0.05, 0) is 49.6 Å². The molecule has 1 aromatic carbocycles. The number of carbonyl (C=O) groups excluding carboxylic acids is 3. The second kappa shape index (κ2) is 9.47. The number of benzene rings is 1. The quantitative estimate of drug-likeness (QED) is 0.632. The molecule has 1 saturated carbocycles. The minimum absolute atomic E-state index is 0.0120. The lowest BCUT2D eigenvalue weighted by atomic mass is 9.80. The van der Waals surface area contributed by atoms with Gasteiger partial charge < -0.3 is 25.2 Å². The predicted octanol–water partition coefficient (Wildman–Crippen LogP) is 1.60. The molecule has 9 heteroatoms. The van der Waals surface area contributed by atoms with Crippen LogP contribution in [0.1, 0.15) is 47.5 Å². The molecular weight excluding hydrogens is 456 g/mol. The number of primary amides is 1. The van der Waals surface area contributed by atoms with Crippen LogP contribution in [0.5, 0.6) is 0 Å². The lowest BCUT2D eigenvalue weighted by Gasteiger charge is -2.35. The average Bonchev–Trinajstić information content (AvgIpc) is 3.55. The van der Waals surface area contributed by atoms with Gasteiger partial charge in [-0.25, -0.2) is 0 Å². The molecule has 1 aliphatic carbocycles. The first kappa shape index (κ1) is 23.6. The number of anilines is 1. The summed E-state index contributed by atoms with van der Waals surface area (Å²) >= 11 is 6.49. The van der Waals surface area contributed by atoms with Gasteiger partial charge in [0.2, 0.25) is 11.8 Å². The van der Waals surface area contributed by atoms with Crippen molar-refractivity contribution >= 4 is 34.9 Å². The summed E-state index contributed by atoms with van der Waals surface area (Å²) in [6.07, 6.45) is 3.44. The summed E-state index contributed by atoms with van der Waals surface area (Å²) in [6.45, 7) is 3.92. The normalized spacial score (nSPS) is 29.0. The van der Waals surface area contributed by atoms with Gasteiger partial charge in [0.25, 0.3) is 0 Å². The second-order valence-electron chi connectivity index (χ2n) is 10.1. The van der Waals surface area contributed by atoms with Gasteiger partial charge in [-0.2, -0.15) is 0 Å². The molecule has 3 heterocycles. The molecule has 4 atom stereocenters. The third-order valence-electron chi connectivity index (χ3n) is 8.05. The number of carbonyl (C=O) groups is 3. The van der Waals surface area contributed by atoms with Crippen molar-refractivity contribution in [3.8, 4) is 0 Å². The molecule has 0 radical (unpaired) electrons. The number of alkyl halides is 1. The van der Waals surface area contributed by atoms with E-state index in [-0.39, 0.29) is 30.8 Å². The van der Waals surface area contributed by atoms with Gasteiger partial charge in [0.1, 0.15) is 18.8 Å². The summed E-state index contributed by atoms with van der Waals surface area (Å²) in [5.41, 5.74) is 7.87. The zero-order chi connectivity index (χ0) is 24.0. The van der Waals surface area contributed by atoms with Gasteiger partial charge in [-0.15, -0.1) is 11.6 Å². The van der Waals surface area contributed by atoms with E-state index >= 15 is 0 Å². The van der Waals surface area contributed by atoms with Crippen molar-refractivity contribution in [3.63, 3.8) is 0 Å². The van der Waals surface area contributed by atoms with Crippen molar-refractivity contribution in [1.82, 2.24) is 9.80 Å². The predicted molar refractivity (Wildman–Crippen MR) is 129 cm³/mol. The first-order valence-electron chi connectivity index (χ1n) is 12.3. The minimum atomic E-state index is -0.642. The van der Waals surface area contributed by atoms with Crippen LogP contribution in [0.2, 0.25) is 0 Å². The molecule has 5 rings (SSSR count). The van der Waals surface area contributed by atoms with Crippen molar-refractivity contribution in [2.24, 2.45) is 11.7 Å². The smallest absolute Gasteiger partial charge is 0.249 e. The fraction of sp³-hybridized carbons (Fsp3) is 0.640. The number of hydrogen-bond acceptors (Lipinski definition) is 6. The summed E-state index contributed by atoms with van der Waals surface area (Å²) in [6, 6.07) is 5.05. The largest absolute Gasteiger partial charge is 0.369 e. The number of likely N-dealkylation sites (N-methyl/N-ethyl adjacent to an activating group) is 1. The number of ketones is 1. The van der Waals surface area contributed by atoms with Crippen molar-refractivity contribution in [2.75, 3.05) is 51.3 Å². The highest BCUT2D eigenvalue weighted by Crippen LogP contribution is 2.43. The van der Waals surface area contributed by atoms with Crippen molar-refractivity contribution < 1.29 is 19.1 Å². The first-order valence-corrected chi connectivity index (χ1v) is 12.7. The van der Waals surface area contributed by atoms with Gasteiger partial charge in [0.15, 0.2) is 5.78 Å². The zero-order valence-corrected chi connectivity index (χ0v) is 20.4. The molecule has 34 heavy (non-hydrogen) atoms. The fourth-order valence-corrected chi connectivity index (χ4v) is 6.53. The van der Waals surface area contributed by atoms with E-state index in [9.17, 15) is 14.4 Å². The van der Waals surface area contributed by atoms with E-state index in [4.69, 9.17) is 22.1 Å². The summed E-state index contributed by atoms with van der Waals surface area (Å²) in [7, 11) is 2.11. The molecule has 8 nitrogen and oxygen atoms in total. The Balaban J connectivity index is 1.54. The molecule has 1 aromatic rings. The van der Waals surface area contributed by atoms with Crippen LogP contribution >= 0.6 is 11.6 Å². The van der Waals surface area contributed by atoms with Gasteiger partial charge in [0, 0.05) is 44.0 Å². The Morgan fingerprint density at radius 3 is 2.53 bits per heavy atom. The first-order chi connectivity index (χ1) is 16.3. The van der Waals surface area contributed by atoms with E-state index in [1.165, 1.54) is 0 Å². The molecule has 2 amide bonds. The van der Waals surface area contributed by atoms with Crippen LogP contribution in [0.4, 0.5) is 5.69 Å². The van der Waals surface area contributed by atoms with Crippen molar-refractivity contribution in [3.05, 3.63) is 29.3 Å². The number of piperazine rings is 1. The van der Waals surface area contributed by atoms with Gasteiger partial charge in [-0.1, -0.05) is 12.8 Å². The maximum Gasteiger partial charge on any atom is 0.249 e. The van der Waals surface area contributed by atoms with E-state index in [1.807, 2.05) is 12.1 Å². The molecule has 2 N–H and O–H groups in total. The summed E-state index contributed by atoms with van der Waals surface area (Å²) < 4.78 is 5.60. The molecule has 4 aliphatic rings. The van der Waals surface area contributed by atoms with Crippen molar-refractivity contribution in [1.29, 1.82) is 0 Å². The number of ether oxygens (including phenoxy) is 1. The second-order valence-corrected chi connectivity index (χ2v) is 10.7. The third kappa shape index (κ3) is 4.20. The van der Waals surface area contributed by atoms with E-state index in [0.29, 0.717) is 11.1 Å². The summed E-state index contributed by atoms with van der Waals surface area (Å²) in [4.78, 5) is 45.4. The number of likely N-dealkylation sites (tertiary alicyclic amines) is 1. The molecule has 0 aromatic heterocycles. The lowest BCUT2D eigenvalue weighted by Crippen LogP contribution is -2.46. The lowest BCUT2D eigenvalue weighted by molar-refractivity contribution is -0.138. The Morgan fingerprint density at radius 2 is 1.85 bits per heavy atom. The van der Waals surface area contributed by atoms with Gasteiger partial charge in [0.05, 0.1) is 11.3 Å². The number of hydrogen-bond donors (Lipinski definition) is 1. The molecule has 4 fully saturated rings.